The number of anilines is 6. The van der Waals surface area contributed by atoms with Gasteiger partial charge in [0.05, 0.1) is 34.1 Å². The van der Waals surface area contributed by atoms with Gasteiger partial charge < -0.3 is 23.1 Å². The van der Waals surface area contributed by atoms with Crippen molar-refractivity contribution in [1.29, 1.82) is 0 Å². The monoisotopic (exact) mass is 1240 g/mol. The van der Waals surface area contributed by atoms with Gasteiger partial charge in [-0.25, -0.2) is 0 Å². The van der Waals surface area contributed by atoms with Gasteiger partial charge in [0.25, 0.3) is 0 Å². The topological polar surface area (TPSA) is 45.9 Å². The third-order valence-electron chi connectivity index (χ3n) is 22.3. The van der Waals surface area contributed by atoms with Gasteiger partial charge in [-0.2, -0.15) is 0 Å². The van der Waals surface area contributed by atoms with Gasteiger partial charge in [0, 0.05) is 64.5 Å². The van der Waals surface area contributed by atoms with Crippen LogP contribution in [0.4, 0.5) is 34.1 Å². The number of benzene rings is 14. The first kappa shape index (κ1) is 53.4. The van der Waals surface area contributed by atoms with E-state index < -0.39 is 5.41 Å². The van der Waals surface area contributed by atoms with Gasteiger partial charge in [-0.1, -0.05) is 217 Å². The van der Waals surface area contributed by atoms with Crippen LogP contribution in [0.25, 0.3) is 142 Å². The summed E-state index contributed by atoms with van der Waals surface area (Å²) in [6.45, 7) is 14.7. The second-order valence-electron chi connectivity index (χ2n) is 28.3. The highest BCUT2D eigenvalue weighted by Crippen LogP contribution is 2.63. The van der Waals surface area contributed by atoms with E-state index in [4.69, 9.17) is 13.3 Å². The fraction of sp³-hybridized carbons (Fsp3) is 0.101. The molecule has 450 valence electrons. The number of nitrogens with zero attached hydrogens (tertiary/aromatic N) is 2. The molecule has 0 saturated heterocycles. The molecule has 0 spiro atoms. The van der Waals surface area contributed by atoms with Crippen LogP contribution in [0.15, 0.2) is 268 Å². The lowest BCUT2D eigenvalue weighted by Gasteiger charge is -2.30. The Morgan fingerprint density at radius 2 is 0.568 bits per heavy atom. The molecule has 0 amide bonds. The van der Waals surface area contributed by atoms with Gasteiger partial charge in [-0.05, 0) is 172 Å². The van der Waals surface area contributed by atoms with Gasteiger partial charge in [0.1, 0.15) is 16.7 Å². The Labute approximate surface area is 549 Å². The smallest absolute Gasteiger partial charge is 0.159 e. The Morgan fingerprint density at radius 1 is 0.253 bits per heavy atom. The largest absolute Gasteiger partial charge is 0.454 e. The average Bonchev–Trinajstić information content (AvgIpc) is 1.53. The molecule has 4 aromatic heterocycles. The first-order valence-electron chi connectivity index (χ1n) is 33.2. The van der Waals surface area contributed by atoms with E-state index >= 15 is 0 Å². The standard InChI is InChI=1S/C89H61N2O3P/c1-87(2)65-45-63-67(88(3,4)69-47-75(49-23-7-9-29-55(49)81(63)69)90(71-35-19-31-57-51-25-11-15-39-77(51)92-83(57)71)72-36-20-32-58-52-26-12-16-40-78(52)93-84(58)72)43-61(65)62-44-68-64(46-66(62)87)82-56-30-10-8-24-50(56)76(48-70(82)89(68,5)6)91(73-37-21-33-59-53-27-13-17-41-79(53)94-85(59)73)74-38-22-34-60-54-28-14-18-42-80(54)95-86(60)74/h7-48,95H,1-6H3. The molecule has 0 aliphatic heterocycles. The molecule has 3 aliphatic rings. The molecular weight excluding hydrogens is 1180 g/mol. The highest BCUT2D eigenvalue weighted by molar-refractivity contribution is 7.44. The van der Waals surface area contributed by atoms with Crippen LogP contribution in [0.3, 0.4) is 0 Å². The zero-order valence-corrected chi connectivity index (χ0v) is 54.4. The Hall–Kier alpha value is -11.1. The summed E-state index contributed by atoms with van der Waals surface area (Å²) < 4.78 is 20.9. The molecule has 0 radical (unpaired) electrons. The van der Waals surface area contributed by atoms with E-state index in [1.54, 1.807) is 0 Å². The molecule has 3 aliphatic carbocycles. The average molecular weight is 1240 g/mol. The van der Waals surface area contributed by atoms with Gasteiger partial charge in [0.15, 0.2) is 16.7 Å². The van der Waals surface area contributed by atoms with Gasteiger partial charge in [-0.3, -0.25) is 0 Å². The summed E-state index contributed by atoms with van der Waals surface area (Å²) in [7, 11) is 0.511. The number of furan rings is 3. The van der Waals surface area contributed by atoms with Crippen LogP contribution in [0, 0.1) is 0 Å². The molecule has 6 heteroatoms. The van der Waals surface area contributed by atoms with Crippen molar-refractivity contribution in [1.82, 2.24) is 0 Å². The number of para-hydroxylation sites is 6. The van der Waals surface area contributed by atoms with Crippen molar-refractivity contribution >= 4 is 151 Å². The van der Waals surface area contributed by atoms with Crippen molar-refractivity contribution in [3.05, 3.63) is 288 Å². The fourth-order valence-electron chi connectivity index (χ4n) is 17.8. The quantitative estimate of drug-likeness (QED) is 0.166. The molecule has 4 heterocycles. The van der Waals surface area contributed by atoms with Crippen LogP contribution < -0.4 is 9.80 Å². The number of rotatable bonds is 6. The summed E-state index contributed by atoms with van der Waals surface area (Å²) in [6.07, 6.45) is 0. The Morgan fingerprint density at radius 3 is 1.01 bits per heavy atom. The molecule has 18 aromatic rings. The van der Waals surface area contributed by atoms with Crippen molar-refractivity contribution in [2.75, 3.05) is 9.80 Å². The summed E-state index contributed by atoms with van der Waals surface area (Å²) >= 11 is 0. The van der Waals surface area contributed by atoms with E-state index in [0.29, 0.717) is 8.19 Å². The predicted molar refractivity (Wildman–Crippen MR) is 400 cm³/mol. The summed E-state index contributed by atoms with van der Waals surface area (Å²) in [5.41, 5.74) is 26.4. The van der Waals surface area contributed by atoms with Crippen LogP contribution in [0.1, 0.15) is 74.9 Å². The van der Waals surface area contributed by atoms with Crippen LogP contribution in [-0.2, 0) is 16.2 Å². The normalized spacial score (nSPS) is 14.8. The first-order chi connectivity index (χ1) is 46.4. The molecule has 0 fully saturated rings. The molecule has 21 rings (SSSR count). The fourth-order valence-corrected chi connectivity index (χ4v) is 19.2. The van der Waals surface area contributed by atoms with E-state index in [9.17, 15) is 0 Å². The van der Waals surface area contributed by atoms with Crippen LogP contribution in [0.5, 0.6) is 0 Å². The van der Waals surface area contributed by atoms with Crippen LogP contribution in [0.2, 0.25) is 0 Å². The van der Waals surface area contributed by atoms with Gasteiger partial charge in [-0.15, -0.1) is 8.19 Å². The summed E-state index contributed by atoms with van der Waals surface area (Å²) in [4.78, 5) is 4.98. The highest BCUT2D eigenvalue weighted by atomic mass is 31.0. The van der Waals surface area contributed by atoms with Crippen molar-refractivity contribution in [3.8, 4) is 33.4 Å². The van der Waals surface area contributed by atoms with Crippen molar-refractivity contribution in [2.45, 2.75) is 57.8 Å². The lowest BCUT2D eigenvalue weighted by Crippen LogP contribution is -2.18. The Balaban J connectivity index is 0.747. The Kier molecular flexibility index (Phi) is 10.5. The third-order valence-corrected chi connectivity index (χ3v) is 23.8. The van der Waals surface area contributed by atoms with Crippen molar-refractivity contribution < 1.29 is 13.3 Å². The third kappa shape index (κ3) is 6.98. The van der Waals surface area contributed by atoms with E-state index in [-0.39, 0.29) is 10.8 Å². The number of fused-ring (bicyclic) bond motifs is 25. The van der Waals surface area contributed by atoms with E-state index in [1.165, 1.54) is 110 Å². The molecule has 95 heavy (non-hydrogen) atoms. The van der Waals surface area contributed by atoms with Crippen LogP contribution >= 0.6 is 8.19 Å². The zero-order valence-electron chi connectivity index (χ0n) is 53.4. The minimum atomic E-state index is -0.393. The minimum absolute atomic E-state index is 0.318. The summed E-state index contributed by atoms with van der Waals surface area (Å²) in [5, 5.41) is 16.8. The molecule has 1 atom stereocenters. The molecular formula is C89H61N2O3P. The van der Waals surface area contributed by atoms with Gasteiger partial charge >= 0.3 is 0 Å². The second kappa shape index (κ2) is 18.6. The van der Waals surface area contributed by atoms with Crippen molar-refractivity contribution in [3.63, 3.8) is 0 Å². The van der Waals surface area contributed by atoms with Crippen molar-refractivity contribution in [2.24, 2.45) is 0 Å². The van der Waals surface area contributed by atoms with E-state index in [1.807, 2.05) is 0 Å². The van der Waals surface area contributed by atoms with E-state index in [2.05, 4.69) is 306 Å². The SMILES string of the molecule is CC1(C)c2cc3c(cc2-c2cc4c(cc21)-c1c(cc(N(c2cccc5c2oc2ccccc25)c2cccc5c2[pH]c2ccccc25)c2ccccc12)C4(C)C)C(C)(C)c1cc(N(c2cccc4c2oc2ccccc24)c2cccc4c2oc2ccccc24)c2ccccc2c1-3. The zero-order chi connectivity index (χ0) is 63.1. The Bertz CT molecular complexity index is 5860. The minimum Gasteiger partial charge on any atom is -0.454 e. The molecule has 5 nitrogen and oxygen atoms in total. The lowest BCUT2D eigenvalue weighted by atomic mass is 9.78. The molecule has 14 aromatic carbocycles. The van der Waals surface area contributed by atoms with Gasteiger partial charge in [0.2, 0.25) is 0 Å². The van der Waals surface area contributed by atoms with Crippen LogP contribution in [-0.4, -0.2) is 0 Å². The maximum atomic E-state index is 7.00. The maximum Gasteiger partial charge on any atom is 0.159 e. The van der Waals surface area contributed by atoms with E-state index in [0.717, 1.165) is 99.6 Å². The predicted octanol–water partition coefficient (Wildman–Crippen LogP) is 25.9. The molecule has 0 saturated carbocycles. The number of hydrogen-bond donors (Lipinski definition) is 0. The number of hydrogen-bond acceptors (Lipinski definition) is 5. The molecule has 0 N–H and O–H groups in total. The first-order valence-corrected chi connectivity index (χ1v) is 34.2. The lowest BCUT2D eigenvalue weighted by molar-refractivity contribution is 0.649. The summed E-state index contributed by atoms with van der Waals surface area (Å²) in [5.74, 6) is 0. The molecule has 0 bridgehead atoms. The highest BCUT2D eigenvalue weighted by Gasteiger charge is 2.46. The molecule has 1 unspecified atom stereocenters. The second-order valence-corrected chi connectivity index (χ2v) is 29.6. The summed E-state index contributed by atoms with van der Waals surface area (Å²) in [6, 6.07) is 94.6. The maximum absolute atomic E-state index is 7.00.